The number of pyridine rings is 1. The zero-order valence-electron chi connectivity index (χ0n) is 13.8. The highest BCUT2D eigenvalue weighted by Gasteiger charge is 2.16. The lowest BCUT2D eigenvalue weighted by Gasteiger charge is -2.12. The maximum absolute atomic E-state index is 6.73. The topological polar surface area (TPSA) is 22.1 Å². The molecular weight excluding hydrogens is 318 g/mol. The second-order valence-electron chi connectivity index (χ2n) is 6.51. The van der Waals surface area contributed by atoms with Gasteiger partial charge in [0, 0.05) is 11.1 Å². The SMILES string of the molecule is Cc1ccc(Oc2ccc3nc4c(c(Cl)c3c2)CCCCC4)cc1. The molecule has 3 aromatic rings. The van der Waals surface area contributed by atoms with Crippen LogP contribution in [0.15, 0.2) is 42.5 Å². The largest absolute Gasteiger partial charge is 0.457 e. The Kier molecular flexibility index (Phi) is 4.15. The fourth-order valence-corrected chi connectivity index (χ4v) is 3.68. The summed E-state index contributed by atoms with van der Waals surface area (Å²) < 4.78 is 5.98. The number of halogens is 1. The Bertz CT molecular complexity index is 886. The molecule has 0 fully saturated rings. The molecule has 3 heteroatoms. The highest BCUT2D eigenvalue weighted by atomic mass is 35.5. The van der Waals surface area contributed by atoms with Crippen LogP contribution in [-0.4, -0.2) is 4.98 Å². The van der Waals surface area contributed by atoms with Gasteiger partial charge in [-0.15, -0.1) is 0 Å². The average molecular weight is 338 g/mol. The van der Waals surface area contributed by atoms with Gasteiger partial charge in [0.1, 0.15) is 11.5 Å². The third-order valence-electron chi connectivity index (χ3n) is 4.67. The predicted molar refractivity (Wildman–Crippen MR) is 99.3 cm³/mol. The van der Waals surface area contributed by atoms with Crippen LogP contribution >= 0.6 is 11.6 Å². The minimum absolute atomic E-state index is 0.795. The quantitative estimate of drug-likeness (QED) is 0.515. The fourth-order valence-electron chi connectivity index (χ4n) is 3.33. The third kappa shape index (κ3) is 2.99. The molecule has 1 aliphatic carbocycles. The van der Waals surface area contributed by atoms with Crippen molar-refractivity contribution in [2.24, 2.45) is 0 Å². The molecule has 1 aliphatic rings. The maximum atomic E-state index is 6.73. The van der Waals surface area contributed by atoms with E-state index in [1.165, 1.54) is 36.1 Å². The number of fused-ring (bicyclic) bond motifs is 2. The second-order valence-corrected chi connectivity index (χ2v) is 6.88. The molecule has 0 saturated heterocycles. The van der Waals surface area contributed by atoms with Gasteiger partial charge in [-0.05, 0) is 68.5 Å². The summed E-state index contributed by atoms with van der Waals surface area (Å²) in [6.45, 7) is 2.07. The van der Waals surface area contributed by atoms with Gasteiger partial charge in [0.25, 0.3) is 0 Å². The molecule has 24 heavy (non-hydrogen) atoms. The Hall–Kier alpha value is -2.06. The zero-order chi connectivity index (χ0) is 16.5. The van der Waals surface area contributed by atoms with Crippen LogP contribution < -0.4 is 4.74 Å². The number of benzene rings is 2. The number of aryl methyl sites for hydroxylation is 2. The van der Waals surface area contributed by atoms with Crippen LogP contribution in [0.4, 0.5) is 0 Å². The summed E-state index contributed by atoms with van der Waals surface area (Å²) in [6.07, 6.45) is 5.72. The molecule has 2 nitrogen and oxygen atoms in total. The van der Waals surface area contributed by atoms with E-state index < -0.39 is 0 Å². The van der Waals surface area contributed by atoms with Crippen LogP contribution in [0, 0.1) is 6.92 Å². The van der Waals surface area contributed by atoms with Gasteiger partial charge < -0.3 is 4.74 Å². The normalized spacial score (nSPS) is 14.2. The minimum atomic E-state index is 0.795. The first-order valence-corrected chi connectivity index (χ1v) is 8.94. The smallest absolute Gasteiger partial charge is 0.128 e. The molecule has 0 aliphatic heterocycles. The lowest BCUT2D eigenvalue weighted by Crippen LogP contribution is -1.98. The number of hydrogen-bond donors (Lipinski definition) is 0. The van der Waals surface area contributed by atoms with Crippen molar-refractivity contribution < 1.29 is 4.74 Å². The molecule has 122 valence electrons. The van der Waals surface area contributed by atoms with E-state index >= 15 is 0 Å². The van der Waals surface area contributed by atoms with E-state index in [1.807, 2.05) is 42.5 Å². The van der Waals surface area contributed by atoms with Gasteiger partial charge in [0.05, 0.1) is 10.5 Å². The number of rotatable bonds is 2. The highest BCUT2D eigenvalue weighted by molar-refractivity contribution is 6.36. The van der Waals surface area contributed by atoms with Crippen molar-refractivity contribution in [3.05, 3.63) is 64.3 Å². The Morgan fingerprint density at radius 2 is 1.67 bits per heavy atom. The number of nitrogens with zero attached hydrogens (tertiary/aromatic N) is 1. The number of ether oxygens (including phenoxy) is 1. The van der Waals surface area contributed by atoms with Gasteiger partial charge in [-0.2, -0.15) is 0 Å². The maximum Gasteiger partial charge on any atom is 0.128 e. The number of hydrogen-bond acceptors (Lipinski definition) is 2. The molecular formula is C21H20ClNO. The summed E-state index contributed by atoms with van der Waals surface area (Å²) >= 11 is 6.73. The van der Waals surface area contributed by atoms with Crippen molar-refractivity contribution in [1.29, 1.82) is 0 Å². The van der Waals surface area contributed by atoms with Crippen molar-refractivity contribution in [3.8, 4) is 11.5 Å². The second kappa shape index (κ2) is 6.45. The van der Waals surface area contributed by atoms with Crippen LogP contribution in [0.3, 0.4) is 0 Å². The summed E-state index contributed by atoms with van der Waals surface area (Å²) in [5.41, 5.74) is 4.58. The third-order valence-corrected chi connectivity index (χ3v) is 5.10. The standard InChI is InChI=1S/C21H20ClNO/c1-14-7-9-15(10-8-14)24-16-11-12-20-18(13-16)21(22)17-5-3-2-4-6-19(17)23-20/h7-13H,2-6H2,1H3. The van der Waals surface area contributed by atoms with Gasteiger partial charge in [-0.1, -0.05) is 35.7 Å². The molecule has 0 radical (unpaired) electrons. The van der Waals surface area contributed by atoms with E-state index in [0.717, 1.165) is 40.3 Å². The zero-order valence-corrected chi connectivity index (χ0v) is 14.6. The van der Waals surface area contributed by atoms with Crippen molar-refractivity contribution >= 4 is 22.5 Å². The lowest BCUT2D eigenvalue weighted by atomic mass is 10.0. The summed E-state index contributed by atoms with van der Waals surface area (Å²) in [5.74, 6) is 1.63. The van der Waals surface area contributed by atoms with Crippen LogP contribution in [-0.2, 0) is 12.8 Å². The summed E-state index contributed by atoms with van der Waals surface area (Å²) in [6, 6.07) is 14.0. The van der Waals surface area contributed by atoms with Crippen molar-refractivity contribution in [1.82, 2.24) is 4.98 Å². The van der Waals surface area contributed by atoms with Crippen molar-refractivity contribution in [3.63, 3.8) is 0 Å². The van der Waals surface area contributed by atoms with Crippen LogP contribution in [0.1, 0.15) is 36.1 Å². The van der Waals surface area contributed by atoms with Gasteiger partial charge in [-0.25, -0.2) is 0 Å². The van der Waals surface area contributed by atoms with Gasteiger partial charge >= 0.3 is 0 Å². The Morgan fingerprint density at radius 3 is 2.50 bits per heavy atom. The molecule has 2 aromatic carbocycles. The molecule has 0 N–H and O–H groups in total. The summed E-state index contributed by atoms with van der Waals surface area (Å²) in [5, 5.41) is 1.84. The van der Waals surface area contributed by atoms with E-state index in [9.17, 15) is 0 Å². The molecule has 1 heterocycles. The van der Waals surface area contributed by atoms with E-state index in [2.05, 4.69) is 6.92 Å². The van der Waals surface area contributed by atoms with Gasteiger partial charge in [0.2, 0.25) is 0 Å². The van der Waals surface area contributed by atoms with Crippen molar-refractivity contribution in [2.45, 2.75) is 39.0 Å². The first-order chi connectivity index (χ1) is 11.7. The first kappa shape index (κ1) is 15.5. The molecule has 0 amide bonds. The van der Waals surface area contributed by atoms with Crippen LogP contribution in [0.2, 0.25) is 5.02 Å². The summed E-state index contributed by atoms with van der Waals surface area (Å²) in [4.78, 5) is 4.86. The first-order valence-electron chi connectivity index (χ1n) is 8.56. The van der Waals surface area contributed by atoms with Crippen molar-refractivity contribution in [2.75, 3.05) is 0 Å². The van der Waals surface area contributed by atoms with E-state index in [4.69, 9.17) is 21.3 Å². The molecule has 1 aromatic heterocycles. The van der Waals surface area contributed by atoms with Gasteiger partial charge in [-0.3, -0.25) is 4.98 Å². The molecule has 0 spiro atoms. The minimum Gasteiger partial charge on any atom is -0.457 e. The predicted octanol–water partition coefficient (Wildman–Crippen LogP) is 6.26. The molecule has 0 unspecified atom stereocenters. The molecule has 0 atom stereocenters. The number of aromatic nitrogens is 1. The molecule has 0 bridgehead atoms. The van der Waals surface area contributed by atoms with E-state index in [-0.39, 0.29) is 0 Å². The van der Waals surface area contributed by atoms with Crippen LogP contribution in [0.25, 0.3) is 10.9 Å². The highest BCUT2D eigenvalue weighted by Crippen LogP contribution is 2.35. The Balaban J connectivity index is 1.74. The Morgan fingerprint density at radius 1 is 0.917 bits per heavy atom. The fraction of sp³-hybridized carbons (Fsp3) is 0.286. The molecule has 0 saturated carbocycles. The van der Waals surface area contributed by atoms with E-state index in [1.54, 1.807) is 0 Å². The molecule has 4 rings (SSSR count). The van der Waals surface area contributed by atoms with E-state index in [0.29, 0.717) is 0 Å². The Labute approximate surface area is 147 Å². The summed E-state index contributed by atoms with van der Waals surface area (Å²) in [7, 11) is 0. The average Bonchev–Trinajstić information content (AvgIpc) is 2.83. The van der Waals surface area contributed by atoms with Crippen LogP contribution in [0.5, 0.6) is 11.5 Å². The lowest BCUT2D eigenvalue weighted by molar-refractivity contribution is 0.483. The van der Waals surface area contributed by atoms with Gasteiger partial charge in [0.15, 0.2) is 0 Å². The monoisotopic (exact) mass is 337 g/mol.